The molecule has 2 saturated heterocycles. The predicted molar refractivity (Wildman–Crippen MR) is 91.9 cm³/mol. The number of amides is 1. The van der Waals surface area contributed by atoms with E-state index in [0.717, 1.165) is 0 Å². The first kappa shape index (κ1) is 17.7. The summed E-state index contributed by atoms with van der Waals surface area (Å²) in [5, 5.41) is 9.65. The lowest BCUT2D eigenvalue weighted by Crippen LogP contribution is -2.53. The Labute approximate surface area is 155 Å². The fourth-order valence-corrected chi connectivity index (χ4v) is 3.69. The van der Waals surface area contributed by atoms with E-state index in [-0.39, 0.29) is 35.8 Å². The average Bonchev–Trinajstić information content (AvgIpc) is 3.12. The molecule has 1 aromatic heterocycles. The maximum absolute atomic E-state index is 13.7. The first-order chi connectivity index (χ1) is 13.0. The van der Waals surface area contributed by atoms with Crippen LogP contribution in [0.25, 0.3) is 0 Å². The molecule has 2 aromatic rings. The second-order valence-corrected chi connectivity index (χ2v) is 6.54. The Kier molecular flexibility index (Phi) is 4.45. The fraction of sp³-hybridized carbons (Fsp3) is 0.368. The minimum Gasteiger partial charge on any atom is -0.503 e. The minimum absolute atomic E-state index is 0.00702. The third-order valence-corrected chi connectivity index (χ3v) is 5.10. The Morgan fingerprint density at radius 3 is 3.04 bits per heavy atom. The molecule has 2 fully saturated rings. The van der Waals surface area contributed by atoms with Crippen LogP contribution in [0.3, 0.4) is 0 Å². The Bertz CT molecular complexity index is 877. The largest absolute Gasteiger partial charge is 0.503 e. The number of piperidine rings is 1. The van der Waals surface area contributed by atoms with E-state index in [4.69, 9.17) is 14.2 Å². The number of aromatic hydroxyl groups is 1. The first-order valence-corrected chi connectivity index (χ1v) is 8.58. The van der Waals surface area contributed by atoms with Crippen LogP contribution in [0.15, 0.2) is 36.4 Å². The summed E-state index contributed by atoms with van der Waals surface area (Å²) in [5.41, 5.74) is 0.113. The molecule has 8 heteroatoms. The number of nitrogens with zero attached hydrogens (tertiary/aromatic N) is 2. The van der Waals surface area contributed by atoms with Crippen LogP contribution in [0.5, 0.6) is 11.6 Å². The normalized spacial score (nSPS) is 24.5. The Morgan fingerprint density at radius 1 is 1.41 bits per heavy atom. The zero-order valence-corrected chi connectivity index (χ0v) is 14.7. The highest BCUT2D eigenvalue weighted by atomic mass is 19.1. The highest BCUT2D eigenvalue weighted by Crippen LogP contribution is 2.42. The van der Waals surface area contributed by atoms with Crippen LogP contribution in [0.1, 0.15) is 22.5 Å². The zero-order chi connectivity index (χ0) is 19.0. The molecule has 1 amide bonds. The molecule has 2 unspecified atom stereocenters. The third kappa shape index (κ3) is 3.00. The Morgan fingerprint density at radius 2 is 2.26 bits per heavy atom. The molecule has 4 rings (SSSR count). The number of pyridine rings is 1. The number of methoxy groups -OCH3 is 1. The molecule has 0 aliphatic carbocycles. The van der Waals surface area contributed by atoms with E-state index in [1.807, 2.05) is 6.07 Å². The smallest absolute Gasteiger partial charge is 0.272 e. The van der Waals surface area contributed by atoms with E-state index >= 15 is 0 Å². The molecule has 0 bridgehead atoms. The summed E-state index contributed by atoms with van der Waals surface area (Å²) < 4.78 is 30.3. The number of carbonyl (C=O) groups is 1. The van der Waals surface area contributed by atoms with Crippen LogP contribution in [0, 0.1) is 5.82 Å². The van der Waals surface area contributed by atoms with Crippen molar-refractivity contribution in [1.29, 1.82) is 0 Å². The zero-order valence-electron chi connectivity index (χ0n) is 14.7. The molecule has 1 aromatic carbocycles. The molecule has 142 valence electrons. The van der Waals surface area contributed by atoms with Crippen LogP contribution in [0.2, 0.25) is 0 Å². The maximum atomic E-state index is 13.7. The number of fused-ring (bicyclic) bond motifs is 1. The quantitative estimate of drug-likeness (QED) is 0.886. The van der Waals surface area contributed by atoms with Crippen LogP contribution < -0.4 is 4.74 Å². The number of ether oxygens (including phenoxy) is 3. The maximum Gasteiger partial charge on any atom is 0.272 e. The molecule has 0 radical (unpaired) electrons. The van der Waals surface area contributed by atoms with Gasteiger partial charge in [-0.05, 0) is 29.8 Å². The SMILES string of the molecule is COc1nc(C(=O)N2CCC3(c4cccc(F)c4)OCOC3C2)ccc1O. The van der Waals surface area contributed by atoms with Crippen molar-refractivity contribution < 1.29 is 28.5 Å². The Hall–Kier alpha value is -2.71. The van der Waals surface area contributed by atoms with E-state index in [9.17, 15) is 14.3 Å². The van der Waals surface area contributed by atoms with Gasteiger partial charge in [-0.2, -0.15) is 0 Å². The lowest BCUT2D eigenvalue weighted by Gasteiger charge is -2.41. The van der Waals surface area contributed by atoms with Gasteiger partial charge in [0.15, 0.2) is 5.75 Å². The molecule has 3 heterocycles. The summed E-state index contributed by atoms with van der Waals surface area (Å²) in [7, 11) is 1.37. The molecular formula is C19H19FN2O5. The standard InChI is InChI=1S/C19H19FN2O5/c1-25-17-15(23)6-5-14(21-17)18(24)22-8-7-19(16(10-22)26-11-27-19)12-3-2-4-13(20)9-12/h2-6,9,16,23H,7-8,10-11H2,1H3. The first-order valence-electron chi connectivity index (χ1n) is 8.58. The number of benzene rings is 1. The predicted octanol–water partition coefficient (Wildman–Crippen LogP) is 2.05. The minimum atomic E-state index is -0.765. The van der Waals surface area contributed by atoms with E-state index in [0.29, 0.717) is 25.1 Å². The number of aromatic nitrogens is 1. The van der Waals surface area contributed by atoms with E-state index < -0.39 is 11.7 Å². The van der Waals surface area contributed by atoms with Gasteiger partial charge in [-0.1, -0.05) is 12.1 Å². The summed E-state index contributed by atoms with van der Waals surface area (Å²) in [4.78, 5) is 18.5. The summed E-state index contributed by atoms with van der Waals surface area (Å²) in [6.45, 7) is 0.786. The van der Waals surface area contributed by atoms with Gasteiger partial charge in [0, 0.05) is 13.0 Å². The van der Waals surface area contributed by atoms with Gasteiger partial charge in [0.2, 0.25) is 0 Å². The molecule has 7 nitrogen and oxygen atoms in total. The number of hydrogen-bond donors (Lipinski definition) is 1. The highest BCUT2D eigenvalue weighted by molar-refractivity contribution is 5.92. The molecule has 0 saturated carbocycles. The number of likely N-dealkylation sites (tertiary alicyclic amines) is 1. The molecule has 1 N–H and O–H groups in total. The average molecular weight is 374 g/mol. The van der Waals surface area contributed by atoms with Crippen molar-refractivity contribution in [2.24, 2.45) is 0 Å². The second-order valence-electron chi connectivity index (χ2n) is 6.54. The summed E-state index contributed by atoms with van der Waals surface area (Å²) in [6, 6.07) is 9.10. The van der Waals surface area contributed by atoms with Gasteiger partial charge in [0.05, 0.1) is 13.7 Å². The molecule has 27 heavy (non-hydrogen) atoms. The molecule has 0 spiro atoms. The van der Waals surface area contributed by atoms with Crippen molar-refractivity contribution in [3.8, 4) is 11.6 Å². The van der Waals surface area contributed by atoms with Gasteiger partial charge in [0.25, 0.3) is 11.8 Å². The van der Waals surface area contributed by atoms with Crippen LogP contribution in [-0.4, -0.2) is 54.0 Å². The van der Waals surface area contributed by atoms with Crippen LogP contribution in [-0.2, 0) is 15.1 Å². The highest BCUT2D eigenvalue weighted by Gasteiger charge is 2.51. The van der Waals surface area contributed by atoms with Gasteiger partial charge in [-0.25, -0.2) is 9.37 Å². The monoisotopic (exact) mass is 374 g/mol. The molecule has 2 atom stereocenters. The number of carbonyl (C=O) groups excluding carboxylic acids is 1. The van der Waals surface area contributed by atoms with E-state index in [1.54, 1.807) is 11.0 Å². The third-order valence-electron chi connectivity index (χ3n) is 5.10. The van der Waals surface area contributed by atoms with Crippen molar-refractivity contribution in [1.82, 2.24) is 9.88 Å². The lowest BCUT2D eigenvalue weighted by atomic mass is 9.82. The number of rotatable bonds is 3. The van der Waals surface area contributed by atoms with Crippen molar-refractivity contribution in [3.63, 3.8) is 0 Å². The van der Waals surface area contributed by atoms with Gasteiger partial charge < -0.3 is 24.2 Å². The van der Waals surface area contributed by atoms with Crippen LogP contribution >= 0.6 is 0 Å². The second kappa shape index (κ2) is 6.79. The molecule has 2 aliphatic heterocycles. The summed E-state index contributed by atoms with van der Waals surface area (Å²) >= 11 is 0. The van der Waals surface area contributed by atoms with Gasteiger partial charge >= 0.3 is 0 Å². The summed E-state index contributed by atoms with van der Waals surface area (Å²) in [5.74, 6) is -0.774. The van der Waals surface area contributed by atoms with Gasteiger partial charge in [-0.15, -0.1) is 0 Å². The van der Waals surface area contributed by atoms with Gasteiger partial charge in [-0.3, -0.25) is 4.79 Å². The fourth-order valence-electron chi connectivity index (χ4n) is 3.69. The lowest BCUT2D eigenvalue weighted by molar-refractivity contribution is -0.0441. The van der Waals surface area contributed by atoms with Gasteiger partial charge in [0.1, 0.15) is 30.0 Å². The van der Waals surface area contributed by atoms with E-state index in [2.05, 4.69) is 4.98 Å². The Balaban J connectivity index is 1.57. The van der Waals surface area contributed by atoms with Crippen molar-refractivity contribution in [2.45, 2.75) is 18.1 Å². The van der Waals surface area contributed by atoms with E-state index in [1.165, 1.54) is 31.4 Å². The molecular weight excluding hydrogens is 355 g/mol. The number of hydrogen-bond acceptors (Lipinski definition) is 6. The van der Waals surface area contributed by atoms with Crippen molar-refractivity contribution >= 4 is 5.91 Å². The molecule has 2 aliphatic rings. The topological polar surface area (TPSA) is 81.1 Å². The van der Waals surface area contributed by atoms with Crippen molar-refractivity contribution in [2.75, 3.05) is 27.0 Å². The van der Waals surface area contributed by atoms with Crippen molar-refractivity contribution in [3.05, 3.63) is 53.5 Å². The van der Waals surface area contributed by atoms with Crippen LogP contribution in [0.4, 0.5) is 4.39 Å². The summed E-state index contributed by atoms with van der Waals surface area (Å²) in [6.07, 6.45) is 0.0678. The number of halogens is 1.